The normalized spacial score (nSPS) is 23.1. The Morgan fingerprint density at radius 3 is 2.83 bits per heavy atom. The Kier molecular flexibility index (Phi) is 7.52. The van der Waals surface area contributed by atoms with Gasteiger partial charge in [-0.25, -0.2) is 0 Å². The fourth-order valence-electron chi connectivity index (χ4n) is 2.67. The van der Waals surface area contributed by atoms with E-state index in [1.165, 1.54) is 12.8 Å². The number of Topliss-reactive ketones (excluding diaryl/α,β-unsaturated/α-hetero) is 1. The van der Waals surface area contributed by atoms with Crippen molar-refractivity contribution in [2.24, 2.45) is 5.92 Å². The van der Waals surface area contributed by atoms with Gasteiger partial charge in [0.1, 0.15) is 5.78 Å². The highest BCUT2D eigenvalue weighted by molar-refractivity contribution is 5.81. The van der Waals surface area contributed by atoms with Crippen LogP contribution in [0.1, 0.15) is 52.4 Å². The molecule has 0 spiro atoms. The van der Waals surface area contributed by atoms with Crippen LogP contribution in [0.15, 0.2) is 0 Å². The number of ketones is 1. The molecule has 1 rings (SSSR count). The van der Waals surface area contributed by atoms with Crippen molar-refractivity contribution in [2.75, 3.05) is 26.8 Å². The summed E-state index contributed by atoms with van der Waals surface area (Å²) >= 11 is 0. The van der Waals surface area contributed by atoms with Crippen molar-refractivity contribution in [2.45, 2.75) is 58.4 Å². The second-order valence-electron chi connectivity index (χ2n) is 5.51. The van der Waals surface area contributed by atoms with E-state index < -0.39 is 0 Å². The van der Waals surface area contributed by atoms with Crippen LogP contribution in [0.25, 0.3) is 0 Å². The Balaban J connectivity index is 2.53. The maximum atomic E-state index is 12.1. The van der Waals surface area contributed by atoms with E-state index in [2.05, 4.69) is 18.7 Å². The molecule has 2 atom stereocenters. The molecule has 106 valence electrons. The smallest absolute Gasteiger partial charge is 0.137 e. The maximum Gasteiger partial charge on any atom is 0.137 e. The van der Waals surface area contributed by atoms with Crippen molar-refractivity contribution in [3.05, 3.63) is 0 Å². The van der Waals surface area contributed by atoms with Gasteiger partial charge in [0, 0.05) is 38.6 Å². The fourth-order valence-corrected chi connectivity index (χ4v) is 2.67. The number of rotatable bonds is 7. The van der Waals surface area contributed by atoms with Crippen LogP contribution in [-0.2, 0) is 9.53 Å². The van der Waals surface area contributed by atoms with Gasteiger partial charge in [-0.2, -0.15) is 0 Å². The summed E-state index contributed by atoms with van der Waals surface area (Å²) in [5.41, 5.74) is 0. The van der Waals surface area contributed by atoms with Crippen LogP contribution in [0, 0.1) is 5.92 Å². The standard InChI is InChI=1S/C15H29NO2/c1-4-13(2)16(10-11-18-3)12-14-8-6-5-7-9-15(14)17/h13-14H,4-12H2,1-3H3. The quantitative estimate of drug-likeness (QED) is 0.655. The molecule has 2 unspecified atom stereocenters. The Morgan fingerprint density at radius 2 is 2.17 bits per heavy atom. The Labute approximate surface area is 112 Å². The van der Waals surface area contributed by atoms with Crippen molar-refractivity contribution in [1.82, 2.24) is 4.90 Å². The SMILES string of the molecule is CCC(C)N(CCOC)CC1CCCCCC1=O. The molecule has 1 aliphatic rings. The van der Waals surface area contributed by atoms with Crippen LogP contribution in [0.2, 0.25) is 0 Å². The molecule has 1 aliphatic carbocycles. The van der Waals surface area contributed by atoms with E-state index in [0.29, 0.717) is 11.8 Å². The van der Waals surface area contributed by atoms with E-state index in [1.54, 1.807) is 7.11 Å². The highest BCUT2D eigenvalue weighted by Crippen LogP contribution is 2.22. The molecule has 1 fully saturated rings. The third kappa shape index (κ3) is 5.07. The van der Waals surface area contributed by atoms with Gasteiger partial charge in [0.05, 0.1) is 6.61 Å². The van der Waals surface area contributed by atoms with Crippen LogP contribution in [0.5, 0.6) is 0 Å². The number of hydrogen-bond donors (Lipinski definition) is 0. The van der Waals surface area contributed by atoms with E-state index in [4.69, 9.17) is 4.74 Å². The molecule has 0 bridgehead atoms. The molecule has 0 amide bonds. The summed E-state index contributed by atoms with van der Waals surface area (Å²) in [5, 5.41) is 0. The van der Waals surface area contributed by atoms with Crippen LogP contribution in [-0.4, -0.2) is 43.5 Å². The number of ether oxygens (including phenoxy) is 1. The Hall–Kier alpha value is -0.410. The lowest BCUT2D eigenvalue weighted by Crippen LogP contribution is -2.40. The maximum absolute atomic E-state index is 12.1. The number of nitrogens with zero attached hydrogens (tertiary/aromatic N) is 1. The lowest BCUT2D eigenvalue weighted by atomic mass is 9.97. The van der Waals surface area contributed by atoms with E-state index >= 15 is 0 Å². The zero-order chi connectivity index (χ0) is 13.4. The molecule has 1 saturated carbocycles. The third-order valence-electron chi connectivity index (χ3n) is 4.18. The lowest BCUT2D eigenvalue weighted by Gasteiger charge is -2.31. The summed E-state index contributed by atoms with van der Waals surface area (Å²) in [4.78, 5) is 14.5. The van der Waals surface area contributed by atoms with Gasteiger partial charge < -0.3 is 4.74 Å². The molecular weight excluding hydrogens is 226 g/mol. The van der Waals surface area contributed by atoms with Crippen LogP contribution >= 0.6 is 0 Å². The number of methoxy groups -OCH3 is 1. The number of carbonyl (C=O) groups is 1. The minimum absolute atomic E-state index is 0.262. The molecule has 0 heterocycles. The molecule has 0 aromatic heterocycles. The molecule has 18 heavy (non-hydrogen) atoms. The molecule has 0 aromatic rings. The van der Waals surface area contributed by atoms with Gasteiger partial charge >= 0.3 is 0 Å². The van der Waals surface area contributed by atoms with Crippen LogP contribution in [0.3, 0.4) is 0 Å². The topological polar surface area (TPSA) is 29.5 Å². The summed E-state index contributed by atoms with van der Waals surface area (Å²) in [7, 11) is 1.74. The van der Waals surface area contributed by atoms with Crippen LogP contribution in [0.4, 0.5) is 0 Å². The predicted molar refractivity (Wildman–Crippen MR) is 74.8 cm³/mol. The molecule has 0 N–H and O–H groups in total. The second-order valence-corrected chi connectivity index (χ2v) is 5.51. The average Bonchev–Trinajstić information content (AvgIpc) is 2.58. The average molecular weight is 255 g/mol. The van der Waals surface area contributed by atoms with Gasteiger partial charge in [0.15, 0.2) is 0 Å². The van der Waals surface area contributed by atoms with E-state index in [-0.39, 0.29) is 5.92 Å². The molecule has 0 radical (unpaired) electrons. The zero-order valence-corrected chi connectivity index (χ0v) is 12.3. The first-order valence-corrected chi connectivity index (χ1v) is 7.44. The zero-order valence-electron chi connectivity index (χ0n) is 12.3. The van der Waals surface area contributed by atoms with E-state index in [0.717, 1.165) is 45.4 Å². The molecular formula is C15H29NO2. The number of carbonyl (C=O) groups excluding carboxylic acids is 1. The highest BCUT2D eigenvalue weighted by atomic mass is 16.5. The van der Waals surface area contributed by atoms with Crippen molar-refractivity contribution in [3.8, 4) is 0 Å². The van der Waals surface area contributed by atoms with E-state index in [1.807, 2.05) is 0 Å². The highest BCUT2D eigenvalue weighted by Gasteiger charge is 2.24. The summed E-state index contributed by atoms with van der Waals surface area (Å²) in [5.74, 6) is 0.747. The van der Waals surface area contributed by atoms with Gasteiger partial charge in [0.25, 0.3) is 0 Å². The third-order valence-corrected chi connectivity index (χ3v) is 4.18. The number of hydrogen-bond acceptors (Lipinski definition) is 3. The largest absolute Gasteiger partial charge is 0.383 e. The Morgan fingerprint density at radius 1 is 1.39 bits per heavy atom. The van der Waals surface area contributed by atoms with Gasteiger partial charge in [-0.1, -0.05) is 19.8 Å². The fraction of sp³-hybridized carbons (Fsp3) is 0.933. The molecule has 0 saturated heterocycles. The molecule has 3 heteroatoms. The van der Waals surface area contributed by atoms with Gasteiger partial charge in [0.2, 0.25) is 0 Å². The second kappa shape index (κ2) is 8.65. The Bertz CT molecular complexity index is 243. The summed E-state index contributed by atoms with van der Waals surface area (Å²) in [6.45, 7) is 7.08. The first-order chi connectivity index (χ1) is 8.69. The lowest BCUT2D eigenvalue weighted by molar-refractivity contribution is -0.123. The van der Waals surface area contributed by atoms with Gasteiger partial charge in [-0.05, 0) is 26.2 Å². The first kappa shape index (κ1) is 15.6. The van der Waals surface area contributed by atoms with Crippen molar-refractivity contribution in [1.29, 1.82) is 0 Å². The van der Waals surface area contributed by atoms with Gasteiger partial charge in [-0.15, -0.1) is 0 Å². The molecule has 3 nitrogen and oxygen atoms in total. The summed E-state index contributed by atoms with van der Waals surface area (Å²) in [6.07, 6.45) is 6.54. The first-order valence-electron chi connectivity index (χ1n) is 7.44. The monoisotopic (exact) mass is 255 g/mol. The predicted octanol–water partition coefficient (Wildman–Crippen LogP) is 2.88. The van der Waals surface area contributed by atoms with Crippen molar-refractivity contribution in [3.63, 3.8) is 0 Å². The summed E-state index contributed by atoms with van der Waals surface area (Å²) < 4.78 is 5.18. The molecule has 0 aromatic carbocycles. The van der Waals surface area contributed by atoms with E-state index in [9.17, 15) is 4.79 Å². The van der Waals surface area contributed by atoms with Crippen molar-refractivity contribution >= 4 is 5.78 Å². The van der Waals surface area contributed by atoms with Crippen molar-refractivity contribution < 1.29 is 9.53 Å². The van der Waals surface area contributed by atoms with Gasteiger partial charge in [-0.3, -0.25) is 9.69 Å². The summed E-state index contributed by atoms with van der Waals surface area (Å²) in [6, 6.07) is 0.538. The minimum Gasteiger partial charge on any atom is -0.383 e. The minimum atomic E-state index is 0.262. The van der Waals surface area contributed by atoms with Crippen LogP contribution < -0.4 is 0 Å². The molecule has 0 aliphatic heterocycles.